The Morgan fingerprint density at radius 1 is 0.585 bits per heavy atom. The fourth-order valence-corrected chi connectivity index (χ4v) is 6.21. The average Bonchev–Trinajstić information content (AvgIpc) is 3.12. The van der Waals surface area contributed by atoms with E-state index in [0.717, 1.165) is 19.5 Å². The maximum atomic E-state index is 10.4. The summed E-state index contributed by atoms with van der Waals surface area (Å²) in [5.74, 6) is -2.97. The van der Waals surface area contributed by atoms with Crippen LogP contribution in [-0.4, -0.2) is 221 Å². The van der Waals surface area contributed by atoms with Crippen molar-refractivity contribution in [2.75, 3.05) is 52.5 Å². The molecule has 312 valence electrons. The Morgan fingerprint density at radius 2 is 1.13 bits per heavy atom. The Kier molecular flexibility index (Phi) is 23.8. The van der Waals surface area contributed by atoms with Crippen molar-refractivity contribution in [3.63, 3.8) is 0 Å². The Balaban J connectivity index is 0.000000332. The fourth-order valence-electron chi connectivity index (χ4n) is 6.21. The van der Waals surface area contributed by atoms with Gasteiger partial charge in [0.2, 0.25) is 0 Å². The minimum atomic E-state index is -1.19. The molecule has 5 rings (SSSR count). The largest absolute Gasteiger partial charge is 0.480 e. The molecule has 13 atom stereocenters. The van der Waals surface area contributed by atoms with Gasteiger partial charge in [0, 0.05) is 6.54 Å². The summed E-state index contributed by atoms with van der Waals surface area (Å²) in [5, 5.41) is 127. The molecule has 17 N–H and O–H groups in total. The van der Waals surface area contributed by atoms with E-state index in [1.807, 2.05) is 11.8 Å². The number of carboxylic acids is 3. The molecule has 5 heterocycles. The number of rotatable bonds is 6. The molecule has 5 saturated heterocycles. The van der Waals surface area contributed by atoms with Crippen LogP contribution in [0, 0.1) is 0 Å². The lowest BCUT2D eigenvalue weighted by atomic mass is 9.97. The predicted octanol–water partition coefficient (Wildman–Crippen LogP) is -6.62. The highest BCUT2D eigenvalue weighted by atomic mass is 16.4. The molecule has 0 aromatic rings. The summed E-state index contributed by atoms with van der Waals surface area (Å²) in [6.45, 7) is 5.68. The zero-order chi connectivity index (χ0) is 40.2. The van der Waals surface area contributed by atoms with Gasteiger partial charge in [-0.25, -0.2) is 0 Å². The number of aliphatic hydroxyl groups is 10. The molecule has 21 heteroatoms. The second-order valence-electron chi connectivity index (χ2n) is 13.4. The standard InChI is InChI=1S/C8H17NO3.C6H11NO4.C6H13NO3.2C6H11NO3/c1-2-9-4-3-7(11)8(12)6(9)5-10;8-3-1-2-7-4(5(3)9)6(10)11;8-3-4-6(10)5(9)1-2-7-4;8-4-1-2-7-5(3-4)6(9)10;8-4-2-1-3-7-5(4)6(9)10/h6-8,10-12H,2-5H2,1H3;3-5,7-9H,1-2H2,(H,10,11);4-10H,1-3H2;2*4-5,7-8H,1-3H2,(H,9,10)/t6-,7-,8-;3?,4-,5?;4-,5-,6-;2*4?,5-/m10100/s1. The maximum absolute atomic E-state index is 10.4. The molecule has 5 aliphatic rings. The summed E-state index contributed by atoms with van der Waals surface area (Å²) in [7, 11) is 0. The molecule has 53 heavy (non-hydrogen) atoms. The lowest BCUT2D eigenvalue weighted by Crippen LogP contribution is -2.56. The van der Waals surface area contributed by atoms with Crippen LogP contribution in [0.15, 0.2) is 0 Å². The number of aliphatic hydroxyl groups excluding tert-OH is 10. The lowest BCUT2D eigenvalue weighted by Gasteiger charge is -2.39. The van der Waals surface area contributed by atoms with Crippen LogP contribution in [0.3, 0.4) is 0 Å². The van der Waals surface area contributed by atoms with Crippen LogP contribution in [-0.2, 0) is 14.4 Å². The van der Waals surface area contributed by atoms with Crippen LogP contribution >= 0.6 is 0 Å². The van der Waals surface area contributed by atoms with Crippen molar-refractivity contribution in [1.29, 1.82) is 0 Å². The smallest absolute Gasteiger partial charge is 0.323 e. The van der Waals surface area contributed by atoms with Crippen LogP contribution in [0.2, 0.25) is 0 Å². The molecule has 21 nitrogen and oxygen atoms in total. The highest BCUT2D eigenvalue weighted by Gasteiger charge is 2.36. The van der Waals surface area contributed by atoms with Crippen molar-refractivity contribution in [2.24, 2.45) is 0 Å². The molecule has 0 bridgehead atoms. The summed E-state index contributed by atoms with van der Waals surface area (Å²) < 4.78 is 0. The highest BCUT2D eigenvalue weighted by molar-refractivity contribution is 5.75. The SMILES string of the molecule is CCN1CC[C@@H](O)[C@H](O)[C@H]1CO.O=C(O)[C@@H]1CC(O)CCN1.O=C(O)[C@H]1NCCC(O)C1O.O=C(O)[C@H]1NCCCC1O.OC[C@H]1NCC[C@@H](O)[C@@H]1O. The fraction of sp³-hybridized carbons (Fsp3) is 0.906. The number of nitrogens with one attached hydrogen (secondary N) is 4. The molecule has 4 unspecified atom stereocenters. The molecule has 0 amide bonds. The molecule has 0 aromatic heterocycles. The normalized spacial score (nSPS) is 37.3. The van der Waals surface area contributed by atoms with E-state index in [9.17, 15) is 24.6 Å². The van der Waals surface area contributed by atoms with Gasteiger partial charge in [-0.15, -0.1) is 0 Å². The molecule has 0 aliphatic carbocycles. The predicted molar refractivity (Wildman–Crippen MR) is 186 cm³/mol. The number of nitrogens with zero attached hydrogens (tertiary/aromatic N) is 1. The zero-order valence-electron chi connectivity index (χ0n) is 30.1. The van der Waals surface area contributed by atoms with E-state index >= 15 is 0 Å². The first-order valence-corrected chi connectivity index (χ1v) is 18.0. The van der Waals surface area contributed by atoms with Gasteiger partial charge >= 0.3 is 17.9 Å². The van der Waals surface area contributed by atoms with Crippen molar-refractivity contribution in [3.05, 3.63) is 0 Å². The van der Waals surface area contributed by atoms with E-state index < -0.39 is 84.9 Å². The van der Waals surface area contributed by atoms with E-state index in [0.29, 0.717) is 64.7 Å². The summed E-state index contributed by atoms with van der Waals surface area (Å²) >= 11 is 0. The Labute approximate surface area is 308 Å². The number of hydrogen-bond donors (Lipinski definition) is 17. The van der Waals surface area contributed by atoms with Crippen LogP contribution in [0.5, 0.6) is 0 Å². The third-order valence-corrected chi connectivity index (χ3v) is 9.58. The van der Waals surface area contributed by atoms with Gasteiger partial charge in [0.15, 0.2) is 0 Å². The van der Waals surface area contributed by atoms with Crippen molar-refractivity contribution in [1.82, 2.24) is 26.2 Å². The zero-order valence-corrected chi connectivity index (χ0v) is 30.1. The van der Waals surface area contributed by atoms with Gasteiger partial charge in [0.25, 0.3) is 0 Å². The topological polar surface area (TPSA) is 366 Å². The van der Waals surface area contributed by atoms with E-state index in [-0.39, 0.29) is 25.3 Å². The number of likely N-dealkylation sites (N-methyl/N-ethyl adjacent to an activating group) is 1. The first kappa shape index (κ1) is 48.8. The van der Waals surface area contributed by atoms with Gasteiger partial charge in [0.1, 0.15) is 24.2 Å². The Hall–Kier alpha value is -2.19. The number of hydrogen-bond acceptors (Lipinski definition) is 18. The van der Waals surface area contributed by atoms with E-state index in [1.54, 1.807) is 0 Å². The van der Waals surface area contributed by atoms with Gasteiger partial charge < -0.3 is 87.7 Å². The second kappa shape index (κ2) is 25.8. The molecule has 0 aromatic carbocycles. The minimum Gasteiger partial charge on any atom is -0.480 e. The second-order valence-corrected chi connectivity index (χ2v) is 13.4. The molecular formula is C32H63N5O16. The first-order valence-electron chi connectivity index (χ1n) is 18.0. The number of carboxylic acid groups (broad SMARTS) is 3. The van der Waals surface area contributed by atoms with Gasteiger partial charge in [-0.05, 0) is 77.7 Å². The molecule has 5 fully saturated rings. The first-order chi connectivity index (χ1) is 25.0. The molecule has 0 saturated carbocycles. The minimum absolute atomic E-state index is 0.0912. The summed E-state index contributed by atoms with van der Waals surface area (Å²) in [4.78, 5) is 33.0. The van der Waals surface area contributed by atoms with Gasteiger partial charge in [0.05, 0.1) is 68.0 Å². The third kappa shape index (κ3) is 17.0. The number of carbonyl (C=O) groups is 3. The quantitative estimate of drug-likeness (QED) is 0.119. The molecule has 0 radical (unpaired) electrons. The van der Waals surface area contributed by atoms with Crippen molar-refractivity contribution in [3.8, 4) is 0 Å². The van der Waals surface area contributed by atoms with Gasteiger partial charge in [-0.2, -0.15) is 0 Å². The van der Waals surface area contributed by atoms with Crippen molar-refractivity contribution in [2.45, 2.75) is 131 Å². The lowest BCUT2D eigenvalue weighted by molar-refractivity contribution is -0.147. The molecular weight excluding hydrogens is 710 g/mol. The van der Waals surface area contributed by atoms with E-state index in [4.69, 9.17) is 56.2 Å². The van der Waals surface area contributed by atoms with Crippen molar-refractivity contribution >= 4 is 17.9 Å². The summed E-state index contributed by atoms with van der Waals surface area (Å²) in [6, 6.07) is -2.99. The summed E-state index contributed by atoms with van der Waals surface area (Å²) in [5.41, 5.74) is 0. The van der Waals surface area contributed by atoms with E-state index in [1.165, 1.54) is 0 Å². The van der Waals surface area contributed by atoms with Gasteiger partial charge in [-0.3, -0.25) is 19.3 Å². The highest BCUT2D eigenvalue weighted by Crippen LogP contribution is 2.17. The average molecular weight is 774 g/mol. The number of piperidine rings is 5. The van der Waals surface area contributed by atoms with Crippen LogP contribution < -0.4 is 21.3 Å². The Morgan fingerprint density at radius 3 is 1.57 bits per heavy atom. The summed E-state index contributed by atoms with van der Waals surface area (Å²) in [6.07, 6.45) is -2.29. The number of likely N-dealkylation sites (tertiary alicyclic amines) is 1. The Bertz CT molecular complexity index is 1050. The molecule has 5 aliphatic heterocycles. The maximum Gasteiger partial charge on any atom is 0.323 e. The molecule has 0 spiro atoms. The van der Waals surface area contributed by atoms with Crippen LogP contribution in [0.4, 0.5) is 0 Å². The monoisotopic (exact) mass is 773 g/mol. The third-order valence-electron chi connectivity index (χ3n) is 9.58. The van der Waals surface area contributed by atoms with Crippen molar-refractivity contribution < 1.29 is 80.8 Å². The van der Waals surface area contributed by atoms with Crippen LogP contribution in [0.25, 0.3) is 0 Å². The van der Waals surface area contributed by atoms with E-state index in [2.05, 4.69) is 21.3 Å². The van der Waals surface area contributed by atoms with Crippen LogP contribution in [0.1, 0.15) is 51.9 Å². The van der Waals surface area contributed by atoms with Gasteiger partial charge in [-0.1, -0.05) is 6.92 Å². The number of aliphatic carboxylic acids is 3.